The van der Waals surface area contributed by atoms with Gasteiger partial charge in [-0.15, -0.1) is 0 Å². The fraction of sp³-hybridized carbons (Fsp3) is 0.389. The van der Waals surface area contributed by atoms with Gasteiger partial charge in [-0.05, 0) is 30.8 Å². The zero-order valence-electron chi connectivity index (χ0n) is 13.5. The van der Waals surface area contributed by atoms with E-state index in [2.05, 4.69) is 32.8 Å². The zero-order valence-corrected chi connectivity index (χ0v) is 13.5. The van der Waals surface area contributed by atoms with Crippen molar-refractivity contribution in [2.75, 3.05) is 32.7 Å². The SMILES string of the molecule is CCN1CCN(Cc2c(-c3ccco3)[nH]c3ncccc23)CC1. The number of pyridine rings is 1. The van der Waals surface area contributed by atoms with Crippen molar-refractivity contribution in [2.24, 2.45) is 0 Å². The van der Waals surface area contributed by atoms with Crippen LogP contribution in [0.5, 0.6) is 0 Å². The number of hydrogen-bond acceptors (Lipinski definition) is 4. The Morgan fingerprint density at radius 2 is 1.96 bits per heavy atom. The fourth-order valence-corrected chi connectivity index (χ4v) is 3.36. The molecule has 5 nitrogen and oxygen atoms in total. The minimum absolute atomic E-state index is 0.880. The molecule has 0 amide bonds. The van der Waals surface area contributed by atoms with E-state index in [4.69, 9.17) is 4.42 Å². The van der Waals surface area contributed by atoms with Gasteiger partial charge in [-0.25, -0.2) is 4.98 Å². The van der Waals surface area contributed by atoms with Gasteiger partial charge in [0.05, 0.1) is 12.0 Å². The van der Waals surface area contributed by atoms with E-state index < -0.39 is 0 Å². The van der Waals surface area contributed by atoms with Crippen molar-refractivity contribution < 1.29 is 4.42 Å². The van der Waals surface area contributed by atoms with Crippen LogP contribution in [0.3, 0.4) is 0 Å². The molecular weight excluding hydrogens is 288 g/mol. The molecule has 23 heavy (non-hydrogen) atoms. The second kappa shape index (κ2) is 6.18. The van der Waals surface area contributed by atoms with Crippen LogP contribution in [0.25, 0.3) is 22.5 Å². The Hall–Kier alpha value is -2.11. The van der Waals surface area contributed by atoms with Crippen molar-refractivity contribution in [3.63, 3.8) is 0 Å². The topological polar surface area (TPSA) is 48.3 Å². The average molecular weight is 310 g/mol. The lowest BCUT2D eigenvalue weighted by Crippen LogP contribution is -2.45. The third kappa shape index (κ3) is 2.78. The molecule has 0 aromatic carbocycles. The summed E-state index contributed by atoms with van der Waals surface area (Å²) in [5.41, 5.74) is 3.27. The third-order valence-electron chi connectivity index (χ3n) is 4.74. The lowest BCUT2D eigenvalue weighted by molar-refractivity contribution is 0.132. The molecule has 3 aromatic rings. The van der Waals surface area contributed by atoms with Crippen LogP contribution >= 0.6 is 0 Å². The maximum absolute atomic E-state index is 5.63. The van der Waals surface area contributed by atoms with Gasteiger partial charge in [0.15, 0.2) is 0 Å². The molecule has 0 spiro atoms. The molecule has 0 radical (unpaired) electrons. The number of aromatic nitrogens is 2. The first kappa shape index (κ1) is 14.5. The van der Waals surface area contributed by atoms with E-state index in [-0.39, 0.29) is 0 Å². The standard InChI is InChI=1S/C18H22N4O/c1-2-21-8-10-22(11-9-21)13-15-14-5-3-7-19-18(14)20-17(15)16-6-4-12-23-16/h3-7,12H,2,8-11,13H2,1H3,(H,19,20). The summed E-state index contributed by atoms with van der Waals surface area (Å²) in [5, 5.41) is 1.19. The summed E-state index contributed by atoms with van der Waals surface area (Å²) < 4.78 is 5.63. The molecule has 120 valence electrons. The number of nitrogens with zero attached hydrogens (tertiary/aromatic N) is 3. The highest BCUT2D eigenvalue weighted by atomic mass is 16.3. The van der Waals surface area contributed by atoms with Gasteiger partial charge in [-0.2, -0.15) is 0 Å². The summed E-state index contributed by atoms with van der Waals surface area (Å²) in [4.78, 5) is 12.9. The van der Waals surface area contributed by atoms with E-state index in [0.717, 1.165) is 56.4 Å². The molecule has 1 saturated heterocycles. The lowest BCUT2D eigenvalue weighted by Gasteiger charge is -2.34. The molecule has 1 aliphatic heterocycles. The molecule has 1 aliphatic rings. The van der Waals surface area contributed by atoms with E-state index in [9.17, 15) is 0 Å². The maximum atomic E-state index is 5.63. The van der Waals surface area contributed by atoms with Crippen LogP contribution in [0.4, 0.5) is 0 Å². The minimum atomic E-state index is 0.880. The molecule has 3 aromatic heterocycles. The van der Waals surface area contributed by atoms with E-state index in [1.54, 1.807) is 6.26 Å². The van der Waals surface area contributed by atoms with Crippen molar-refractivity contribution >= 4 is 11.0 Å². The van der Waals surface area contributed by atoms with Gasteiger partial charge in [0.1, 0.15) is 11.4 Å². The van der Waals surface area contributed by atoms with E-state index >= 15 is 0 Å². The highest BCUT2D eigenvalue weighted by Crippen LogP contribution is 2.31. The second-order valence-electron chi connectivity index (χ2n) is 6.07. The Morgan fingerprint density at radius 3 is 2.70 bits per heavy atom. The first-order chi connectivity index (χ1) is 11.3. The van der Waals surface area contributed by atoms with Crippen LogP contribution in [0.1, 0.15) is 12.5 Å². The van der Waals surface area contributed by atoms with Gasteiger partial charge in [0, 0.05) is 49.9 Å². The van der Waals surface area contributed by atoms with E-state index in [0.29, 0.717) is 0 Å². The van der Waals surface area contributed by atoms with Crippen LogP contribution in [-0.4, -0.2) is 52.5 Å². The lowest BCUT2D eigenvalue weighted by atomic mass is 10.1. The van der Waals surface area contributed by atoms with Crippen LogP contribution in [0.2, 0.25) is 0 Å². The van der Waals surface area contributed by atoms with E-state index in [1.165, 1.54) is 10.9 Å². The number of hydrogen-bond donors (Lipinski definition) is 1. The Bertz CT molecular complexity index is 770. The molecule has 1 N–H and O–H groups in total. The van der Waals surface area contributed by atoms with Gasteiger partial charge in [-0.1, -0.05) is 6.92 Å². The monoisotopic (exact) mass is 310 g/mol. The minimum Gasteiger partial charge on any atom is -0.463 e. The largest absolute Gasteiger partial charge is 0.463 e. The number of H-pyrrole nitrogens is 1. The summed E-state index contributed by atoms with van der Waals surface area (Å²) in [5.74, 6) is 0.880. The van der Waals surface area contributed by atoms with Gasteiger partial charge < -0.3 is 14.3 Å². The molecule has 0 unspecified atom stereocenters. The molecule has 4 heterocycles. The molecule has 1 fully saturated rings. The normalized spacial score (nSPS) is 17.1. The van der Waals surface area contributed by atoms with Crippen LogP contribution in [0, 0.1) is 0 Å². The zero-order chi connectivity index (χ0) is 15.6. The highest BCUT2D eigenvalue weighted by molar-refractivity contribution is 5.87. The summed E-state index contributed by atoms with van der Waals surface area (Å²) in [6, 6.07) is 8.07. The predicted molar refractivity (Wildman–Crippen MR) is 91.2 cm³/mol. The van der Waals surface area contributed by atoms with Crippen molar-refractivity contribution in [1.29, 1.82) is 0 Å². The van der Waals surface area contributed by atoms with Crippen LogP contribution < -0.4 is 0 Å². The molecule has 0 saturated carbocycles. The van der Waals surface area contributed by atoms with Crippen LogP contribution in [-0.2, 0) is 6.54 Å². The average Bonchev–Trinajstić information content (AvgIpc) is 3.24. The summed E-state index contributed by atoms with van der Waals surface area (Å²) >= 11 is 0. The fourth-order valence-electron chi connectivity index (χ4n) is 3.36. The Balaban J connectivity index is 1.67. The van der Waals surface area contributed by atoms with Crippen molar-refractivity contribution in [3.05, 3.63) is 42.3 Å². The number of furan rings is 1. The number of nitrogens with one attached hydrogen (secondary N) is 1. The summed E-state index contributed by atoms with van der Waals surface area (Å²) in [6.45, 7) is 8.81. The van der Waals surface area contributed by atoms with Gasteiger partial charge in [0.2, 0.25) is 0 Å². The smallest absolute Gasteiger partial charge is 0.150 e. The molecule has 4 rings (SSSR count). The molecule has 0 atom stereocenters. The van der Waals surface area contributed by atoms with Crippen molar-refractivity contribution in [2.45, 2.75) is 13.5 Å². The third-order valence-corrected chi connectivity index (χ3v) is 4.74. The second-order valence-corrected chi connectivity index (χ2v) is 6.07. The molecular formula is C18H22N4O. The number of rotatable bonds is 4. The number of piperazine rings is 1. The molecule has 0 aliphatic carbocycles. The summed E-state index contributed by atoms with van der Waals surface area (Å²) in [6.07, 6.45) is 3.55. The Labute approximate surface area is 135 Å². The van der Waals surface area contributed by atoms with E-state index in [1.807, 2.05) is 24.4 Å². The van der Waals surface area contributed by atoms with Crippen LogP contribution in [0.15, 0.2) is 41.1 Å². The van der Waals surface area contributed by atoms with Gasteiger partial charge >= 0.3 is 0 Å². The molecule has 5 heteroatoms. The van der Waals surface area contributed by atoms with Gasteiger partial charge in [0.25, 0.3) is 0 Å². The number of likely N-dealkylation sites (N-methyl/N-ethyl adjacent to an activating group) is 1. The number of aromatic amines is 1. The first-order valence-electron chi connectivity index (χ1n) is 8.29. The maximum Gasteiger partial charge on any atom is 0.150 e. The Morgan fingerprint density at radius 1 is 1.13 bits per heavy atom. The number of fused-ring (bicyclic) bond motifs is 1. The highest BCUT2D eigenvalue weighted by Gasteiger charge is 2.21. The molecule has 0 bridgehead atoms. The predicted octanol–water partition coefficient (Wildman–Crippen LogP) is 2.96. The van der Waals surface area contributed by atoms with Crippen molar-refractivity contribution in [3.8, 4) is 11.5 Å². The van der Waals surface area contributed by atoms with Gasteiger partial charge in [-0.3, -0.25) is 4.90 Å². The quantitative estimate of drug-likeness (QED) is 0.805. The summed E-state index contributed by atoms with van der Waals surface area (Å²) in [7, 11) is 0. The Kier molecular flexibility index (Phi) is 3.89. The van der Waals surface area contributed by atoms with Crippen molar-refractivity contribution in [1.82, 2.24) is 19.8 Å². The first-order valence-corrected chi connectivity index (χ1v) is 8.29.